The number of pyridine rings is 1. The van der Waals surface area contributed by atoms with Gasteiger partial charge in [0.25, 0.3) is 0 Å². The van der Waals surface area contributed by atoms with Crippen LogP contribution in [0.25, 0.3) is 11.1 Å². The number of anilines is 1. The van der Waals surface area contributed by atoms with E-state index in [1.54, 1.807) is 6.20 Å². The maximum absolute atomic E-state index is 9.83. The summed E-state index contributed by atoms with van der Waals surface area (Å²) in [5, 5.41) is 9.83. The average molecular weight is 378 g/mol. The molecule has 7 heteroatoms. The summed E-state index contributed by atoms with van der Waals surface area (Å²) in [6, 6.07) is 14.0. The van der Waals surface area contributed by atoms with E-state index < -0.39 is 6.23 Å². The quantitative estimate of drug-likeness (QED) is 0.578. The number of rotatable bonds is 8. The Kier molecular flexibility index (Phi) is 6.65. The Hall–Kier alpha value is -2.87. The molecular weight excluding hydrogens is 352 g/mol. The number of nitrogens with two attached hydrogens (primary N) is 1. The minimum Gasteiger partial charge on any atom is -0.377 e. The Morgan fingerprint density at radius 1 is 0.964 bits per heavy atom. The Morgan fingerprint density at radius 3 is 2.43 bits per heavy atom. The molecule has 3 aromatic rings. The van der Waals surface area contributed by atoms with Crippen LogP contribution in [0, 0.1) is 0 Å². The van der Waals surface area contributed by atoms with Crippen molar-refractivity contribution in [3.05, 3.63) is 72.3 Å². The highest BCUT2D eigenvalue weighted by Gasteiger charge is 2.11. The third kappa shape index (κ3) is 5.10. The van der Waals surface area contributed by atoms with Gasteiger partial charge in [0.1, 0.15) is 6.23 Å². The first-order valence-electron chi connectivity index (χ1n) is 9.17. The summed E-state index contributed by atoms with van der Waals surface area (Å²) in [6.45, 7) is 1.46. The van der Waals surface area contributed by atoms with Crippen LogP contribution in [-0.4, -0.2) is 51.8 Å². The number of aromatic nitrogens is 3. The molecule has 3 rings (SSSR count). The maximum Gasteiger partial charge on any atom is 0.225 e. The first-order valence-corrected chi connectivity index (χ1v) is 9.17. The highest BCUT2D eigenvalue weighted by atomic mass is 16.3. The Balaban J connectivity index is 1.70. The van der Waals surface area contributed by atoms with Crippen molar-refractivity contribution in [3.8, 4) is 11.1 Å². The summed E-state index contributed by atoms with van der Waals surface area (Å²) >= 11 is 0. The van der Waals surface area contributed by atoms with Gasteiger partial charge in [-0.05, 0) is 36.4 Å². The predicted molar refractivity (Wildman–Crippen MR) is 110 cm³/mol. The Labute approximate surface area is 165 Å². The van der Waals surface area contributed by atoms with E-state index in [4.69, 9.17) is 5.73 Å². The molecule has 0 saturated heterocycles. The summed E-state index contributed by atoms with van der Waals surface area (Å²) in [6.07, 6.45) is 4.79. The molecule has 0 radical (unpaired) electrons. The number of aliphatic hydroxyl groups is 1. The van der Waals surface area contributed by atoms with E-state index in [1.165, 1.54) is 0 Å². The van der Waals surface area contributed by atoms with Crippen molar-refractivity contribution >= 4 is 5.95 Å². The molecule has 2 heterocycles. The lowest BCUT2D eigenvalue weighted by Crippen LogP contribution is -2.37. The number of nitrogens with zero attached hydrogens (tertiary/aromatic N) is 5. The van der Waals surface area contributed by atoms with Crippen molar-refractivity contribution in [1.29, 1.82) is 0 Å². The van der Waals surface area contributed by atoms with Crippen LogP contribution in [0.15, 0.2) is 61.1 Å². The predicted octanol–water partition coefficient (Wildman–Crippen LogP) is 1.88. The van der Waals surface area contributed by atoms with Gasteiger partial charge in [0, 0.05) is 44.3 Å². The molecule has 1 aromatic carbocycles. The van der Waals surface area contributed by atoms with Crippen molar-refractivity contribution in [2.45, 2.75) is 19.3 Å². The summed E-state index contributed by atoms with van der Waals surface area (Å²) in [4.78, 5) is 17.1. The highest BCUT2D eigenvalue weighted by Crippen LogP contribution is 2.21. The van der Waals surface area contributed by atoms with Gasteiger partial charge in [0.15, 0.2) is 0 Å². The largest absolute Gasteiger partial charge is 0.377 e. The third-order valence-corrected chi connectivity index (χ3v) is 4.52. The number of hydrogen-bond acceptors (Lipinski definition) is 7. The van der Waals surface area contributed by atoms with Gasteiger partial charge in [-0.25, -0.2) is 9.97 Å². The first kappa shape index (κ1) is 19.9. The van der Waals surface area contributed by atoms with Crippen LogP contribution in [0.5, 0.6) is 0 Å². The molecule has 0 amide bonds. The first-order chi connectivity index (χ1) is 13.6. The molecule has 7 nitrogen and oxygen atoms in total. The minimum atomic E-state index is -0.652. The molecule has 0 saturated carbocycles. The van der Waals surface area contributed by atoms with Gasteiger partial charge < -0.3 is 15.7 Å². The average Bonchev–Trinajstić information content (AvgIpc) is 2.74. The van der Waals surface area contributed by atoms with Gasteiger partial charge in [0.2, 0.25) is 5.95 Å². The van der Waals surface area contributed by atoms with Gasteiger partial charge in [0.05, 0.1) is 12.2 Å². The Morgan fingerprint density at radius 2 is 1.75 bits per heavy atom. The van der Waals surface area contributed by atoms with E-state index in [-0.39, 0.29) is 6.54 Å². The van der Waals surface area contributed by atoms with Crippen molar-refractivity contribution in [2.24, 2.45) is 5.73 Å². The van der Waals surface area contributed by atoms with Gasteiger partial charge in [-0.15, -0.1) is 0 Å². The molecule has 1 atom stereocenters. The molecule has 0 bridgehead atoms. The molecule has 1 unspecified atom stereocenters. The fourth-order valence-corrected chi connectivity index (χ4v) is 2.90. The van der Waals surface area contributed by atoms with Gasteiger partial charge in [-0.1, -0.05) is 24.3 Å². The van der Waals surface area contributed by atoms with Crippen molar-refractivity contribution in [2.75, 3.05) is 25.5 Å². The van der Waals surface area contributed by atoms with E-state index in [0.717, 1.165) is 22.4 Å². The Bertz CT molecular complexity index is 872. The van der Waals surface area contributed by atoms with Gasteiger partial charge in [-0.2, -0.15) is 0 Å². The van der Waals surface area contributed by atoms with Gasteiger partial charge >= 0.3 is 0 Å². The molecule has 0 fully saturated rings. The lowest BCUT2D eigenvalue weighted by molar-refractivity contribution is 0.0246. The van der Waals surface area contributed by atoms with Crippen LogP contribution in [0.1, 0.15) is 11.3 Å². The van der Waals surface area contributed by atoms with Crippen molar-refractivity contribution in [3.63, 3.8) is 0 Å². The molecule has 28 heavy (non-hydrogen) atoms. The summed E-state index contributed by atoms with van der Waals surface area (Å²) in [5.74, 6) is 0.649. The number of benzene rings is 1. The highest BCUT2D eigenvalue weighted by molar-refractivity contribution is 5.62. The van der Waals surface area contributed by atoms with E-state index in [1.807, 2.05) is 72.7 Å². The normalized spacial score (nSPS) is 12.2. The number of aliphatic hydroxyl groups excluding tert-OH is 1. The minimum absolute atomic E-state index is 0.206. The second-order valence-corrected chi connectivity index (χ2v) is 6.78. The fraction of sp³-hybridized carbons (Fsp3) is 0.286. The second-order valence-electron chi connectivity index (χ2n) is 6.78. The molecule has 0 aliphatic rings. The van der Waals surface area contributed by atoms with E-state index >= 15 is 0 Å². The zero-order chi connectivity index (χ0) is 19.9. The van der Waals surface area contributed by atoms with E-state index in [9.17, 15) is 5.11 Å². The standard InChI is InChI=1S/C21H26N6O/c1-26(20(28)11-22)14-16-6-5-7-17(10-16)18-12-24-21(25-13-18)27(2)15-19-8-3-4-9-23-19/h3-10,12-13,20,28H,11,14-15,22H2,1-2H3. The van der Waals surface area contributed by atoms with Crippen LogP contribution in [-0.2, 0) is 13.1 Å². The summed E-state index contributed by atoms with van der Waals surface area (Å²) in [5.41, 5.74) is 9.55. The zero-order valence-corrected chi connectivity index (χ0v) is 16.2. The number of likely N-dealkylation sites (N-methyl/N-ethyl adjacent to an activating group) is 1. The van der Waals surface area contributed by atoms with Crippen molar-refractivity contribution < 1.29 is 5.11 Å². The second kappa shape index (κ2) is 9.36. The summed E-state index contributed by atoms with van der Waals surface area (Å²) < 4.78 is 0. The monoisotopic (exact) mass is 378 g/mol. The third-order valence-electron chi connectivity index (χ3n) is 4.52. The topological polar surface area (TPSA) is 91.4 Å². The van der Waals surface area contributed by atoms with Crippen LogP contribution in [0.2, 0.25) is 0 Å². The van der Waals surface area contributed by atoms with Crippen LogP contribution in [0.4, 0.5) is 5.95 Å². The molecule has 146 valence electrons. The smallest absolute Gasteiger partial charge is 0.225 e. The molecule has 0 aliphatic carbocycles. The fourth-order valence-electron chi connectivity index (χ4n) is 2.90. The SMILES string of the molecule is CN(Cc1ccccn1)c1ncc(-c2cccc(CN(C)C(O)CN)c2)cn1. The molecule has 3 N–H and O–H groups in total. The van der Waals surface area contributed by atoms with Crippen LogP contribution in [0.3, 0.4) is 0 Å². The lowest BCUT2D eigenvalue weighted by Gasteiger charge is -2.22. The van der Waals surface area contributed by atoms with Crippen LogP contribution >= 0.6 is 0 Å². The molecular formula is C21H26N6O. The van der Waals surface area contributed by atoms with E-state index in [2.05, 4.69) is 21.0 Å². The molecule has 2 aromatic heterocycles. The molecule has 0 spiro atoms. The van der Waals surface area contributed by atoms with Crippen LogP contribution < -0.4 is 10.6 Å². The molecule has 0 aliphatic heterocycles. The van der Waals surface area contributed by atoms with E-state index in [0.29, 0.717) is 19.0 Å². The van der Waals surface area contributed by atoms with Gasteiger partial charge in [-0.3, -0.25) is 9.88 Å². The number of hydrogen-bond donors (Lipinski definition) is 2. The lowest BCUT2D eigenvalue weighted by atomic mass is 10.1. The zero-order valence-electron chi connectivity index (χ0n) is 16.2. The maximum atomic E-state index is 9.83. The van der Waals surface area contributed by atoms with Crippen molar-refractivity contribution in [1.82, 2.24) is 19.9 Å². The summed E-state index contributed by atoms with van der Waals surface area (Å²) in [7, 11) is 3.79.